The van der Waals surface area contributed by atoms with Crippen molar-refractivity contribution in [3.63, 3.8) is 0 Å². The van der Waals surface area contributed by atoms with Crippen LogP contribution < -0.4 is 5.32 Å². The molecule has 0 aliphatic heterocycles. The SMILES string of the molecule is CC(=O)NCCC(O)C(O)c1cc(Cl)ccc1C. The number of aryl methyl sites for hydroxylation is 1. The number of nitrogens with one attached hydrogen (secondary N) is 1. The summed E-state index contributed by atoms with van der Waals surface area (Å²) in [5.74, 6) is -0.157. The minimum atomic E-state index is -1.00. The van der Waals surface area contributed by atoms with Gasteiger partial charge in [-0.2, -0.15) is 0 Å². The van der Waals surface area contributed by atoms with Crippen molar-refractivity contribution in [3.8, 4) is 0 Å². The highest BCUT2D eigenvalue weighted by molar-refractivity contribution is 6.30. The summed E-state index contributed by atoms with van der Waals surface area (Å²) in [4.78, 5) is 10.7. The minimum Gasteiger partial charge on any atom is -0.390 e. The van der Waals surface area contributed by atoms with E-state index in [2.05, 4.69) is 5.32 Å². The van der Waals surface area contributed by atoms with E-state index in [1.165, 1.54) is 6.92 Å². The van der Waals surface area contributed by atoms with Gasteiger partial charge in [0.25, 0.3) is 0 Å². The molecule has 0 spiro atoms. The molecule has 1 amide bonds. The standard InChI is InChI=1S/C13H18ClNO3/c1-8-3-4-10(14)7-11(8)13(18)12(17)5-6-15-9(2)16/h3-4,7,12-13,17-18H,5-6H2,1-2H3,(H,15,16). The van der Waals surface area contributed by atoms with E-state index in [1.807, 2.05) is 6.92 Å². The smallest absolute Gasteiger partial charge is 0.216 e. The first kappa shape index (κ1) is 15.0. The summed E-state index contributed by atoms with van der Waals surface area (Å²) >= 11 is 5.86. The van der Waals surface area contributed by atoms with Crippen LogP contribution in [-0.2, 0) is 4.79 Å². The number of amides is 1. The molecule has 0 heterocycles. The highest BCUT2D eigenvalue weighted by Crippen LogP contribution is 2.25. The number of carbonyl (C=O) groups is 1. The molecule has 1 aromatic carbocycles. The maximum absolute atomic E-state index is 10.7. The van der Waals surface area contributed by atoms with Crippen LogP contribution in [0.15, 0.2) is 18.2 Å². The topological polar surface area (TPSA) is 69.6 Å². The molecule has 100 valence electrons. The van der Waals surface area contributed by atoms with Crippen molar-refractivity contribution in [2.24, 2.45) is 0 Å². The summed E-state index contributed by atoms with van der Waals surface area (Å²) in [6, 6.07) is 5.17. The Bertz CT molecular complexity index is 423. The van der Waals surface area contributed by atoms with Crippen LogP contribution in [0.25, 0.3) is 0 Å². The second-order valence-electron chi connectivity index (χ2n) is 4.28. The zero-order valence-electron chi connectivity index (χ0n) is 10.5. The number of hydrogen-bond acceptors (Lipinski definition) is 3. The Hall–Kier alpha value is -1.10. The summed E-state index contributed by atoms with van der Waals surface area (Å²) in [5.41, 5.74) is 1.48. The second-order valence-corrected chi connectivity index (χ2v) is 4.72. The van der Waals surface area contributed by atoms with Crippen molar-refractivity contribution in [1.29, 1.82) is 0 Å². The van der Waals surface area contributed by atoms with Gasteiger partial charge in [0.2, 0.25) is 5.91 Å². The van der Waals surface area contributed by atoms with E-state index >= 15 is 0 Å². The minimum absolute atomic E-state index is 0.157. The van der Waals surface area contributed by atoms with Gasteiger partial charge in [0.1, 0.15) is 6.10 Å². The molecule has 5 heteroatoms. The van der Waals surface area contributed by atoms with Gasteiger partial charge in [-0.25, -0.2) is 0 Å². The van der Waals surface area contributed by atoms with Crippen molar-refractivity contribution in [2.45, 2.75) is 32.5 Å². The molecule has 0 aliphatic carbocycles. The normalized spacial score (nSPS) is 14.1. The van der Waals surface area contributed by atoms with Crippen molar-refractivity contribution in [3.05, 3.63) is 34.3 Å². The summed E-state index contributed by atoms with van der Waals surface area (Å²) in [7, 11) is 0. The molecular weight excluding hydrogens is 254 g/mol. The van der Waals surface area contributed by atoms with Gasteiger partial charge >= 0.3 is 0 Å². The van der Waals surface area contributed by atoms with E-state index in [0.717, 1.165) is 5.56 Å². The van der Waals surface area contributed by atoms with Crippen LogP contribution in [0.4, 0.5) is 0 Å². The van der Waals surface area contributed by atoms with Gasteiger partial charge in [0.15, 0.2) is 0 Å². The Balaban J connectivity index is 2.64. The number of rotatable bonds is 5. The molecule has 0 bridgehead atoms. The van der Waals surface area contributed by atoms with Gasteiger partial charge in [-0.05, 0) is 36.6 Å². The largest absolute Gasteiger partial charge is 0.390 e. The van der Waals surface area contributed by atoms with Crippen LogP contribution in [0.3, 0.4) is 0 Å². The Kier molecular flexibility index (Phi) is 5.59. The van der Waals surface area contributed by atoms with Crippen molar-refractivity contribution >= 4 is 17.5 Å². The summed E-state index contributed by atoms with van der Waals surface area (Å²) in [5, 5.41) is 23.0. The Morgan fingerprint density at radius 2 is 2.11 bits per heavy atom. The van der Waals surface area contributed by atoms with Crippen molar-refractivity contribution in [2.75, 3.05) is 6.54 Å². The Morgan fingerprint density at radius 1 is 1.44 bits per heavy atom. The van der Waals surface area contributed by atoms with Crippen molar-refractivity contribution in [1.82, 2.24) is 5.32 Å². The third-order valence-electron chi connectivity index (χ3n) is 2.74. The van der Waals surface area contributed by atoms with Crippen LogP contribution in [-0.4, -0.2) is 28.8 Å². The molecule has 1 rings (SSSR count). The predicted molar refractivity (Wildman–Crippen MR) is 70.5 cm³/mol. The number of aliphatic hydroxyl groups is 2. The van der Waals surface area contributed by atoms with Crippen LogP contribution in [0, 0.1) is 6.92 Å². The molecular formula is C13H18ClNO3. The van der Waals surface area contributed by atoms with Crippen molar-refractivity contribution < 1.29 is 15.0 Å². The Labute approximate surface area is 112 Å². The van der Waals surface area contributed by atoms with Gasteiger partial charge in [0.05, 0.1) is 6.10 Å². The molecule has 0 radical (unpaired) electrons. The molecule has 18 heavy (non-hydrogen) atoms. The quantitative estimate of drug-likeness (QED) is 0.761. The first-order valence-corrected chi connectivity index (χ1v) is 6.16. The number of benzene rings is 1. The van der Waals surface area contributed by atoms with Gasteiger partial charge in [-0.1, -0.05) is 17.7 Å². The number of aliphatic hydroxyl groups excluding tert-OH is 2. The fourth-order valence-corrected chi connectivity index (χ4v) is 1.87. The van der Waals surface area contributed by atoms with E-state index in [0.29, 0.717) is 17.1 Å². The average molecular weight is 272 g/mol. The third kappa shape index (κ3) is 4.29. The van der Waals surface area contributed by atoms with Crippen LogP contribution in [0.1, 0.15) is 30.6 Å². The first-order valence-electron chi connectivity index (χ1n) is 5.78. The lowest BCUT2D eigenvalue weighted by atomic mass is 9.98. The fourth-order valence-electron chi connectivity index (χ4n) is 1.69. The summed E-state index contributed by atoms with van der Waals surface area (Å²) in [6.07, 6.45) is -1.65. The zero-order valence-corrected chi connectivity index (χ0v) is 11.2. The summed E-state index contributed by atoms with van der Waals surface area (Å²) in [6.45, 7) is 3.58. The molecule has 0 saturated heterocycles. The lowest BCUT2D eigenvalue weighted by Crippen LogP contribution is -2.27. The third-order valence-corrected chi connectivity index (χ3v) is 2.97. The maximum Gasteiger partial charge on any atom is 0.216 e. The van der Waals surface area contributed by atoms with E-state index in [9.17, 15) is 15.0 Å². The van der Waals surface area contributed by atoms with Crippen LogP contribution in [0.2, 0.25) is 5.02 Å². The van der Waals surface area contributed by atoms with E-state index in [1.54, 1.807) is 18.2 Å². The molecule has 0 aliphatic rings. The molecule has 4 nitrogen and oxygen atoms in total. The number of carbonyl (C=O) groups excluding carboxylic acids is 1. The van der Waals surface area contributed by atoms with Gasteiger partial charge in [-0.15, -0.1) is 0 Å². The molecule has 1 aromatic rings. The molecule has 0 aromatic heterocycles. The first-order chi connectivity index (χ1) is 8.41. The second kappa shape index (κ2) is 6.73. The molecule has 3 N–H and O–H groups in total. The molecule has 2 unspecified atom stereocenters. The average Bonchev–Trinajstić information content (AvgIpc) is 2.30. The number of halogens is 1. The highest BCUT2D eigenvalue weighted by Gasteiger charge is 2.20. The molecule has 2 atom stereocenters. The van der Waals surface area contributed by atoms with E-state index in [4.69, 9.17) is 11.6 Å². The predicted octanol–water partition coefficient (Wildman–Crippen LogP) is 1.57. The lowest BCUT2D eigenvalue weighted by Gasteiger charge is -2.20. The Morgan fingerprint density at radius 3 is 2.72 bits per heavy atom. The maximum atomic E-state index is 10.7. The van der Waals surface area contributed by atoms with E-state index in [-0.39, 0.29) is 12.3 Å². The fraction of sp³-hybridized carbons (Fsp3) is 0.462. The van der Waals surface area contributed by atoms with Crippen LogP contribution in [0.5, 0.6) is 0 Å². The number of hydrogen-bond donors (Lipinski definition) is 3. The summed E-state index contributed by atoms with van der Waals surface area (Å²) < 4.78 is 0. The zero-order chi connectivity index (χ0) is 13.7. The van der Waals surface area contributed by atoms with E-state index < -0.39 is 12.2 Å². The van der Waals surface area contributed by atoms with Gasteiger partial charge < -0.3 is 15.5 Å². The highest BCUT2D eigenvalue weighted by atomic mass is 35.5. The molecule has 0 saturated carbocycles. The van der Waals surface area contributed by atoms with Crippen LogP contribution >= 0.6 is 11.6 Å². The monoisotopic (exact) mass is 271 g/mol. The van der Waals surface area contributed by atoms with Gasteiger partial charge in [0, 0.05) is 18.5 Å². The van der Waals surface area contributed by atoms with Gasteiger partial charge in [-0.3, -0.25) is 4.79 Å². The lowest BCUT2D eigenvalue weighted by molar-refractivity contribution is -0.119. The molecule has 0 fully saturated rings.